The minimum Gasteiger partial charge on any atom is -0.394 e. The second kappa shape index (κ2) is 6.48. The van der Waals surface area contributed by atoms with Gasteiger partial charge in [-0.25, -0.2) is 0 Å². The van der Waals surface area contributed by atoms with Crippen LogP contribution in [-0.4, -0.2) is 29.6 Å². The summed E-state index contributed by atoms with van der Waals surface area (Å²) in [5.41, 5.74) is 1.52. The molecule has 2 unspecified atom stereocenters. The average molecular weight is 304 g/mol. The van der Waals surface area contributed by atoms with Gasteiger partial charge in [0.1, 0.15) is 0 Å². The van der Waals surface area contributed by atoms with E-state index in [2.05, 4.69) is 31.4 Å². The van der Waals surface area contributed by atoms with Crippen molar-refractivity contribution in [1.82, 2.24) is 5.32 Å². The van der Waals surface area contributed by atoms with Crippen LogP contribution in [0.25, 0.3) is 0 Å². The summed E-state index contributed by atoms with van der Waals surface area (Å²) in [6, 6.07) is 7.04. The van der Waals surface area contributed by atoms with Gasteiger partial charge in [0.15, 0.2) is 0 Å². The van der Waals surface area contributed by atoms with Crippen LogP contribution in [0.3, 0.4) is 0 Å². The zero-order valence-electron chi connectivity index (χ0n) is 13.3. The molecule has 0 spiro atoms. The Morgan fingerprint density at radius 3 is 2.73 bits per heavy atom. The van der Waals surface area contributed by atoms with Crippen LogP contribution in [0.2, 0.25) is 0 Å². The summed E-state index contributed by atoms with van der Waals surface area (Å²) < 4.78 is 0. The third kappa shape index (κ3) is 4.07. The molecule has 0 aromatic heterocycles. The fourth-order valence-corrected chi connectivity index (χ4v) is 2.85. The maximum Gasteiger partial charge on any atom is 0.228 e. The predicted molar refractivity (Wildman–Crippen MR) is 85.5 cm³/mol. The number of carbonyl (C=O) groups is 2. The lowest BCUT2D eigenvalue weighted by Gasteiger charge is -2.29. The minimum atomic E-state index is -0.501. The molecule has 1 aliphatic rings. The van der Waals surface area contributed by atoms with Crippen molar-refractivity contribution in [1.29, 1.82) is 0 Å². The molecular formula is C17H24N2O3. The van der Waals surface area contributed by atoms with Crippen molar-refractivity contribution in [3.05, 3.63) is 29.8 Å². The molecule has 1 heterocycles. The third-order valence-electron chi connectivity index (χ3n) is 3.74. The van der Waals surface area contributed by atoms with Gasteiger partial charge >= 0.3 is 0 Å². The second-order valence-electron chi connectivity index (χ2n) is 7.05. The van der Waals surface area contributed by atoms with E-state index in [1.54, 1.807) is 6.07 Å². The normalized spacial score (nSPS) is 19.1. The van der Waals surface area contributed by atoms with Crippen LogP contribution >= 0.6 is 0 Å². The number of hydrogen-bond acceptors (Lipinski definition) is 3. The summed E-state index contributed by atoms with van der Waals surface area (Å²) in [5, 5.41) is 15.2. The molecule has 0 fully saturated rings. The maximum absolute atomic E-state index is 12.6. The number of amides is 2. The Morgan fingerprint density at radius 2 is 2.09 bits per heavy atom. The number of aliphatic hydroxyl groups is 1. The van der Waals surface area contributed by atoms with Gasteiger partial charge in [-0.3, -0.25) is 9.59 Å². The van der Waals surface area contributed by atoms with E-state index in [0.29, 0.717) is 12.1 Å². The minimum absolute atomic E-state index is 0.00250. The van der Waals surface area contributed by atoms with Crippen LogP contribution in [0, 0.1) is 5.41 Å². The molecule has 2 atom stereocenters. The number of benzene rings is 1. The van der Waals surface area contributed by atoms with Gasteiger partial charge in [0.05, 0.1) is 18.6 Å². The van der Waals surface area contributed by atoms with Crippen molar-refractivity contribution in [2.24, 2.45) is 5.41 Å². The molecule has 120 valence electrons. The van der Waals surface area contributed by atoms with Crippen molar-refractivity contribution in [2.45, 2.75) is 45.6 Å². The highest BCUT2D eigenvalue weighted by atomic mass is 16.3. The zero-order valence-corrected chi connectivity index (χ0v) is 13.3. The van der Waals surface area contributed by atoms with E-state index in [1.165, 1.54) is 0 Å². The van der Waals surface area contributed by atoms with Crippen molar-refractivity contribution in [2.75, 3.05) is 11.9 Å². The monoisotopic (exact) mass is 304 g/mol. The Hall–Kier alpha value is -1.88. The highest BCUT2D eigenvalue weighted by Crippen LogP contribution is 2.32. The molecule has 0 saturated heterocycles. The molecule has 0 aliphatic carbocycles. The molecule has 0 bridgehead atoms. The molecule has 1 aliphatic heterocycles. The molecule has 3 N–H and O–H groups in total. The van der Waals surface area contributed by atoms with E-state index in [4.69, 9.17) is 0 Å². The van der Waals surface area contributed by atoms with Gasteiger partial charge in [-0.1, -0.05) is 39.0 Å². The first-order valence-corrected chi connectivity index (χ1v) is 7.60. The van der Waals surface area contributed by atoms with E-state index < -0.39 is 5.92 Å². The summed E-state index contributed by atoms with van der Waals surface area (Å²) in [7, 11) is 0. The molecule has 5 heteroatoms. The Balaban J connectivity index is 2.14. The zero-order chi connectivity index (χ0) is 16.3. The molecule has 0 radical (unpaired) electrons. The highest BCUT2D eigenvalue weighted by molar-refractivity contribution is 6.01. The van der Waals surface area contributed by atoms with Gasteiger partial charge < -0.3 is 15.7 Å². The first-order valence-electron chi connectivity index (χ1n) is 7.60. The van der Waals surface area contributed by atoms with Crippen LogP contribution in [0.15, 0.2) is 24.3 Å². The lowest BCUT2D eigenvalue weighted by Crippen LogP contribution is -2.43. The SMILES string of the molecule is CC(C)(C)CC(CO)NC(=O)C1CC(=O)Nc2ccccc21. The Morgan fingerprint density at radius 1 is 1.41 bits per heavy atom. The van der Waals surface area contributed by atoms with Gasteiger partial charge in [-0.2, -0.15) is 0 Å². The van der Waals surface area contributed by atoms with Gasteiger partial charge in [-0.05, 0) is 23.5 Å². The van der Waals surface area contributed by atoms with Crippen LogP contribution in [0.5, 0.6) is 0 Å². The van der Waals surface area contributed by atoms with Crippen molar-refractivity contribution in [3.8, 4) is 0 Å². The fourth-order valence-electron chi connectivity index (χ4n) is 2.85. The van der Waals surface area contributed by atoms with Crippen molar-refractivity contribution >= 4 is 17.5 Å². The third-order valence-corrected chi connectivity index (χ3v) is 3.74. The first-order chi connectivity index (χ1) is 10.3. The van der Waals surface area contributed by atoms with Crippen LogP contribution in [-0.2, 0) is 9.59 Å². The smallest absolute Gasteiger partial charge is 0.228 e. The highest BCUT2D eigenvalue weighted by Gasteiger charge is 2.32. The Kier molecular flexibility index (Phi) is 4.86. The van der Waals surface area contributed by atoms with E-state index in [0.717, 1.165) is 5.56 Å². The van der Waals surface area contributed by atoms with Gasteiger partial charge in [0, 0.05) is 12.1 Å². The van der Waals surface area contributed by atoms with E-state index in [9.17, 15) is 14.7 Å². The van der Waals surface area contributed by atoms with Gasteiger partial charge in [-0.15, -0.1) is 0 Å². The lowest BCUT2D eigenvalue weighted by atomic mass is 9.86. The number of aliphatic hydroxyl groups excluding tert-OH is 1. The number of para-hydroxylation sites is 1. The van der Waals surface area contributed by atoms with Gasteiger partial charge in [0.2, 0.25) is 11.8 Å². The van der Waals surface area contributed by atoms with Crippen LogP contribution in [0.1, 0.15) is 45.1 Å². The summed E-state index contributed by atoms with van der Waals surface area (Å²) in [5.74, 6) is -0.861. The molecule has 5 nitrogen and oxygen atoms in total. The number of anilines is 1. The Bertz CT molecular complexity index is 563. The summed E-state index contributed by atoms with van der Waals surface area (Å²) in [6.45, 7) is 6.07. The molecule has 2 amide bonds. The van der Waals surface area contributed by atoms with Crippen molar-refractivity contribution in [3.63, 3.8) is 0 Å². The van der Waals surface area contributed by atoms with Crippen LogP contribution in [0.4, 0.5) is 5.69 Å². The van der Waals surface area contributed by atoms with Crippen molar-refractivity contribution < 1.29 is 14.7 Å². The molecular weight excluding hydrogens is 280 g/mol. The number of fused-ring (bicyclic) bond motifs is 1. The summed E-state index contributed by atoms with van der Waals surface area (Å²) in [4.78, 5) is 24.3. The largest absolute Gasteiger partial charge is 0.394 e. The summed E-state index contributed by atoms with van der Waals surface area (Å²) in [6.07, 6.45) is 0.812. The number of carbonyl (C=O) groups excluding carboxylic acids is 2. The molecule has 2 rings (SSSR count). The molecule has 1 aromatic carbocycles. The van der Waals surface area contributed by atoms with E-state index in [-0.39, 0.29) is 36.3 Å². The second-order valence-corrected chi connectivity index (χ2v) is 7.05. The van der Waals surface area contributed by atoms with Crippen LogP contribution < -0.4 is 10.6 Å². The fraction of sp³-hybridized carbons (Fsp3) is 0.529. The average Bonchev–Trinajstić information content (AvgIpc) is 2.44. The predicted octanol–water partition coefficient (Wildman–Crippen LogP) is 2.03. The number of rotatable bonds is 4. The van der Waals surface area contributed by atoms with Gasteiger partial charge in [0.25, 0.3) is 0 Å². The number of nitrogens with one attached hydrogen (secondary N) is 2. The Labute approximate surface area is 131 Å². The maximum atomic E-state index is 12.6. The quantitative estimate of drug-likeness (QED) is 0.796. The topological polar surface area (TPSA) is 78.4 Å². The number of hydrogen-bond donors (Lipinski definition) is 3. The molecule has 1 aromatic rings. The van der Waals surface area contributed by atoms with E-state index >= 15 is 0 Å². The standard InChI is InChI=1S/C17H24N2O3/c1-17(2,3)9-11(10-20)18-16(22)13-8-15(21)19-14-7-5-4-6-12(13)14/h4-7,11,13,20H,8-10H2,1-3H3,(H,18,22)(H,19,21). The van der Waals surface area contributed by atoms with E-state index in [1.807, 2.05) is 18.2 Å². The molecule has 0 saturated carbocycles. The first kappa shape index (κ1) is 16.5. The molecule has 22 heavy (non-hydrogen) atoms. The summed E-state index contributed by atoms with van der Waals surface area (Å²) >= 11 is 0. The lowest BCUT2D eigenvalue weighted by molar-refractivity contribution is -0.127.